The number of aromatic nitrogens is 1. The molecule has 2 aromatic rings. The highest BCUT2D eigenvalue weighted by molar-refractivity contribution is 5.77. The number of ether oxygens (including phenoxy) is 2. The summed E-state index contributed by atoms with van der Waals surface area (Å²) in [5.74, 6) is 1.48. The second-order valence-corrected chi connectivity index (χ2v) is 6.75. The Balaban J connectivity index is 1.33. The van der Waals surface area contributed by atoms with Crippen LogP contribution in [-0.4, -0.2) is 35.8 Å². The standard InChI is InChI=1S/C20H22N2O4/c23-20(24)18(13-1-2-13)14-3-6-16(7-4-14)25-11-9-15-5-8-17-19(22-15)21-10-12-26-17/h3-8,13,18H,1-2,9-12H2,(H,21,22)(H,23,24). The summed E-state index contributed by atoms with van der Waals surface area (Å²) in [5.41, 5.74) is 1.80. The molecule has 2 N–H and O–H groups in total. The number of carboxylic acids is 1. The number of hydrogen-bond donors (Lipinski definition) is 2. The maximum absolute atomic E-state index is 11.4. The minimum Gasteiger partial charge on any atom is -0.493 e. The van der Waals surface area contributed by atoms with Gasteiger partial charge >= 0.3 is 5.97 Å². The molecule has 26 heavy (non-hydrogen) atoms. The van der Waals surface area contributed by atoms with E-state index in [0.29, 0.717) is 19.6 Å². The largest absolute Gasteiger partial charge is 0.493 e. The molecule has 2 heterocycles. The lowest BCUT2D eigenvalue weighted by Gasteiger charge is -2.18. The highest BCUT2D eigenvalue weighted by Crippen LogP contribution is 2.43. The molecule has 136 valence electrons. The van der Waals surface area contributed by atoms with Crippen molar-refractivity contribution in [3.05, 3.63) is 47.7 Å². The van der Waals surface area contributed by atoms with Crippen molar-refractivity contribution in [2.75, 3.05) is 25.1 Å². The van der Waals surface area contributed by atoms with E-state index < -0.39 is 11.9 Å². The van der Waals surface area contributed by atoms with Crippen molar-refractivity contribution in [2.45, 2.75) is 25.2 Å². The first-order valence-corrected chi connectivity index (χ1v) is 9.03. The molecule has 1 aromatic carbocycles. The number of pyridine rings is 1. The average Bonchev–Trinajstić information content (AvgIpc) is 3.48. The molecule has 1 aliphatic carbocycles. The Morgan fingerprint density at radius 2 is 2.08 bits per heavy atom. The zero-order valence-corrected chi connectivity index (χ0v) is 14.5. The van der Waals surface area contributed by atoms with Crippen molar-refractivity contribution in [3.63, 3.8) is 0 Å². The van der Waals surface area contributed by atoms with E-state index in [9.17, 15) is 9.90 Å². The van der Waals surface area contributed by atoms with Gasteiger partial charge in [-0.25, -0.2) is 4.98 Å². The molecule has 6 nitrogen and oxygen atoms in total. The molecule has 6 heteroatoms. The van der Waals surface area contributed by atoms with Gasteiger partial charge in [0, 0.05) is 12.1 Å². The van der Waals surface area contributed by atoms with Crippen molar-refractivity contribution >= 4 is 11.8 Å². The fourth-order valence-corrected chi connectivity index (χ4v) is 3.29. The predicted octanol–water partition coefficient (Wildman–Crippen LogP) is 3.09. The van der Waals surface area contributed by atoms with Crippen molar-refractivity contribution in [2.24, 2.45) is 5.92 Å². The van der Waals surface area contributed by atoms with E-state index in [1.54, 1.807) is 0 Å². The van der Waals surface area contributed by atoms with E-state index in [1.165, 1.54) is 0 Å². The molecule has 1 atom stereocenters. The van der Waals surface area contributed by atoms with Gasteiger partial charge < -0.3 is 19.9 Å². The quantitative estimate of drug-likeness (QED) is 0.795. The second kappa shape index (κ2) is 7.23. The van der Waals surface area contributed by atoms with Gasteiger partial charge in [-0.05, 0) is 48.6 Å². The van der Waals surface area contributed by atoms with Gasteiger partial charge in [0.25, 0.3) is 0 Å². The van der Waals surface area contributed by atoms with E-state index >= 15 is 0 Å². The molecule has 0 amide bonds. The maximum Gasteiger partial charge on any atom is 0.311 e. The van der Waals surface area contributed by atoms with Gasteiger partial charge in [0.15, 0.2) is 11.6 Å². The van der Waals surface area contributed by atoms with E-state index in [0.717, 1.165) is 48.0 Å². The fourth-order valence-electron chi connectivity index (χ4n) is 3.29. The van der Waals surface area contributed by atoms with Crippen molar-refractivity contribution < 1.29 is 19.4 Å². The summed E-state index contributed by atoms with van der Waals surface area (Å²) in [7, 11) is 0. The lowest BCUT2D eigenvalue weighted by atomic mass is 9.94. The van der Waals surface area contributed by atoms with Crippen LogP contribution in [0.4, 0.5) is 5.82 Å². The topological polar surface area (TPSA) is 80.7 Å². The summed E-state index contributed by atoms with van der Waals surface area (Å²) in [6.45, 7) is 1.94. The number of nitrogens with zero attached hydrogens (tertiary/aromatic N) is 1. The number of fused-ring (bicyclic) bond motifs is 1. The van der Waals surface area contributed by atoms with Crippen LogP contribution in [0.5, 0.6) is 11.5 Å². The van der Waals surface area contributed by atoms with Gasteiger partial charge in [0.1, 0.15) is 12.4 Å². The van der Waals surface area contributed by atoms with Gasteiger partial charge in [0.2, 0.25) is 0 Å². The Bertz CT molecular complexity index is 787. The van der Waals surface area contributed by atoms with Crippen LogP contribution < -0.4 is 14.8 Å². The number of carboxylic acid groups (broad SMARTS) is 1. The molecular weight excluding hydrogens is 332 g/mol. The van der Waals surface area contributed by atoms with Gasteiger partial charge in [-0.1, -0.05) is 12.1 Å². The second-order valence-electron chi connectivity index (χ2n) is 6.75. The third-order valence-corrected chi connectivity index (χ3v) is 4.79. The van der Waals surface area contributed by atoms with Crippen molar-refractivity contribution in [1.82, 2.24) is 4.98 Å². The molecule has 2 aliphatic rings. The van der Waals surface area contributed by atoms with Gasteiger partial charge in [-0.2, -0.15) is 0 Å². The van der Waals surface area contributed by atoms with Gasteiger partial charge in [0.05, 0.1) is 19.1 Å². The lowest BCUT2D eigenvalue weighted by Crippen LogP contribution is -2.19. The third-order valence-electron chi connectivity index (χ3n) is 4.79. The number of rotatable bonds is 7. The highest BCUT2D eigenvalue weighted by atomic mass is 16.5. The van der Waals surface area contributed by atoms with E-state index in [-0.39, 0.29) is 5.92 Å². The molecule has 4 rings (SSSR count). The molecule has 0 bridgehead atoms. The molecular formula is C20H22N2O4. The number of hydrogen-bond acceptors (Lipinski definition) is 5. The van der Waals surface area contributed by atoms with Crippen LogP contribution in [0.1, 0.15) is 30.0 Å². The first kappa shape index (κ1) is 16.7. The smallest absolute Gasteiger partial charge is 0.311 e. The summed E-state index contributed by atoms with van der Waals surface area (Å²) >= 11 is 0. The lowest BCUT2D eigenvalue weighted by molar-refractivity contribution is -0.139. The Morgan fingerprint density at radius 3 is 2.81 bits per heavy atom. The normalized spacial score (nSPS) is 16.8. The maximum atomic E-state index is 11.4. The molecule has 0 radical (unpaired) electrons. The summed E-state index contributed by atoms with van der Waals surface area (Å²) in [5, 5.41) is 12.6. The zero-order valence-electron chi connectivity index (χ0n) is 14.5. The summed E-state index contributed by atoms with van der Waals surface area (Å²) in [4.78, 5) is 16.0. The minimum absolute atomic E-state index is 0.284. The van der Waals surface area contributed by atoms with Crippen LogP contribution >= 0.6 is 0 Å². The molecule has 1 saturated carbocycles. The first-order chi connectivity index (χ1) is 12.7. The summed E-state index contributed by atoms with van der Waals surface area (Å²) in [6.07, 6.45) is 2.70. The van der Waals surface area contributed by atoms with Crippen LogP contribution in [0.25, 0.3) is 0 Å². The molecule has 1 fully saturated rings. The molecule has 1 aromatic heterocycles. The molecule has 1 aliphatic heterocycles. The molecule has 0 saturated heterocycles. The zero-order chi connectivity index (χ0) is 17.9. The predicted molar refractivity (Wildman–Crippen MR) is 97.0 cm³/mol. The van der Waals surface area contributed by atoms with Crippen molar-refractivity contribution in [3.8, 4) is 11.5 Å². The number of anilines is 1. The monoisotopic (exact) mass is 354 g/mol. The van der Waals surface area contributed by atoms with Crippen LogP contribution in [0.3, 0.4) is 0 Å². The molecule has 1 unspecified atom stereocenters. The van der Waals surface area contributed by atoms with E-state index in [2.05, 4.69) is 10.3 Å². The highest BCUT2D eigenvalue weighted by Gasteiger charge is 2.37. The number of nitrogens with one attached hydrogen (secondary N) is 1. The number of carbonyl (C=O) groups is 1. The Hall–Kier alpha value is -2.76. The van der Waals surface area contributed by atoms with Crippen LogP contribution in [0.2, 0.25) is 0 Å². The van der Waals surface area contributed by atoms with Gasteiger partial charge in [-0.15, -0.1) is 0 Å². The summed E-state index contributed by atoms with van der Waals surface area (Å²) in [6, 6.07) is 11.3. The SMILES string of the molecule is O=C(O)C(c1ccc(OCCc2ccc3c(n2)NCCO3)cc1)C1CC1. The number of aliphatic carboxylic acids is 1. The fraction of sp³-hybridized carbons (Fsp3) is 0.400. The summed E-state index contributed by atoms with van der Waals surface area (Å²) < 4.78 is 11.3. The Kier molecular flexibility index (Phi) is 4.65. The van der Waals surface area contributed by atoms with Crippen LogP contribution in [-0.2, 0) is 11.2 Å². The average molecular weight is 354 g/mol. The first-order valence-electron chi connectivity index (χ1n) is 9.03. The van der Waals surface area contributed by atoms with Crippen molar-refractivity contribution in [1.29, 1.82) is 0 Å². The van der Waals surface area contributed by atoms with Crippen LogP contribution in [0, 0.1) is 5.92 Å². The molecule has 0 spiro atoms. The Morgan fingerprint density at radius 1 is 1.27 bits per heavy atom. The van der Waals surface area contributed by atoms with Crippen LogP contribution in [0.15, 0.2) is 36.4 Å². The Labute approximate surface area is 152 Å². The van der Waals surface area contributed by atoms with Gasteiger partial charge in [-0.3, -0.25) is 4.79 Å². The minimum atomic E-state index is -0.739. The third kappa shape index (κ3) is 3.74. The van der Waals surface area contributed by atoms with E-state index in [4.69, 9.17) is 9.47 Å². The van der Waals surface area contributed by atoms with E-state index in [1.807, 2.05) is 36.4 Å². The number of benzene rings is 1.